The van der Waals surface area contributed by atoms with Crippen molar-refractivity contribution in [2.75, 3.05) is 6.26 Å². The van der Waals surface area contributed by atoms with Gasteiger partial charge in [0.15, 0.2) is 0 Å². The lowest BCUT2D eigenvalue weighted by Gasteiger charge is -2.14. The third-order valence-electron chi connectivity index (χ3n) is 3.55. The summed E-state index contributed by atoms with van der Waals surface area (Å²) in [6, 6.07) is 14.7. The Kier molecular flexibility index (Phi) is 5.71. The molecule has 0 fully saturated rings. The Hall–Kier alpha value is -1.45. The van der Waals surface area contributed by atoms with Crippen LogP contribution in [0.3, 0.4) is 0 Å². The fourth-order valence-corrected chi connectivity index (χ4v) is 2.75. The number of hydrogen-bond donors (Lipinski definition) is 1. The van der Waals surface area contributed by atoms with Crippen molar-refractivity contribution in [2.45, 2.75) is 37.6 Å². The van der Waals surface area contributed by atoms with Crippen LogP contribution in [0.25, 0.3) is 0 Å². The van der Waals surface area contributed by atoms with Crippen LogP contribution < -0.4 is 10.5 Å². The molecular weight excluding hydrogens is 278 g/mol. The molecule has 1 unspecified atom stereocenters. The second kappa shape index (κ2) is 7.53. The Bertz CT molecular complexity index is 598. The van der Waals surface area contributed by atoms with Crippen molar-refractivity contribution < 1.29 is 4.74 Å². The number of hydrogen-bond acceptors (Lipinski definition) is 3. The number of benzene rings is 2. The first-order valence-corrected chi connectivity index (χ1v) is 8.52. The van der Waals surface area contributed by atoms with Crippen molar-refractivity contribution >= 4 is 11.8 Å². The van der Waals surface area contributed by atoms with Crippen molar-refractivity contribution in [2.24, 2.45) is 5.73 Å². The van der Waals surface area contributed by atoms with Crippen molar-refractivity contribution in [3.8, 4) is 11.5 Å². The van der Waals surface area contributed by atoms with Crippen molar-refractivity contribution in [3.05, 3.63) is 53.6 Å². The van der Waals surface area contributed by atoms with Gasteiger partial charge in [-0.2, -0.15) is 0 Å². The van der Waals surface area contributed by atoms with Crippen LogP contribution in [0.5, 0.6) is 11.5 Å². The van der Waals surface area contributed by atoms with E-state index in [2.05, 4.69) is 38.3 Å². The van der Waals surface area contributed by atoms with Crippen LogP contribution in [0.2, 0.25) is 0 Å². The van der Waals surface area contributed by atoms with E-state index in [1.54, 1.807) is 11.8 Å². The Balaban J connectivity index is 2.17. The fourth-order valence-electron chi connectivity index (χ4n) is 2.22. The molecule has 0 aliphatic rings. The van der Waals surface area contributed by atoms with E-state index in [9.17, 15) is 0 Å². The Morgan fingerprint density at radius 3 is 2.57 bits per heavy atom. The topological polar surface area (TPSA) is 35.2 Å². The first kappa shape index (κ1) is 15.9. The van der Waals surface area contributed by atoms with Crippen LogP contribution in [0, 0.1) is 6.92 Å². The minimum atomic E-state index is 0.230. The van der Waals surface area contributed by atoms with Crippen LogP contribution in [0.4, 0.5) is 0 Å². The number of nitrogens with two attached hydrogens (primary N) is 1. The predicted molar refractivity (Wildman–Crippen MR) is 91.4 cm³/mol. The van der Waals surface area contributed by atoms with Gasteiger partial charge in [0.2, 0.25) is 0 Å². The molecule has 112 valence electrons. The van der Waals surface area contributed by atoms with Gasteiger partial charge in [-0.25, -0.2) is 0 Å². The maximum Gasteiger partial charge on any atom is 0.140 e. The zero-order chi connectivity index (χ0) is 15.2. The molecule has 2 aromatic carbocycles. The highest BCUT2D eigenvalue weighted by Gasteiger charge is 2.08. The highest BCUT2D eigenvalue weighted by Crippen LogP contribution is 2.33. The van der Waals surface area contributed by atoms with E-state index in [4.69, 9.17) is 10.5 Å². The molecule has 2 N–H and O–H groups in total. The van der Waals surface area contributed by atoms with Gasteiger partial charge in [0.1, 0.15) is 11.5 Å². The fraction of sp³-hybridized carbons (Fsp3) is 0.333. The normalized spacial score (nSPS) is 12.2. The molecule has 1 atom stereocenters. The predicted octanol–water partition coefficient (Wildman–Crippen LogP) is 4.79. The van der Waals surface area contributed by atoms with Crippen molar-refractivity contribution in [1.82, 2.24) is 0 Å². The summed E-state index contributed by atoms with van der Waals surface area (Å²) in [6.07, 6.45) is 3.97. The standard InChI is InChI=1S/C18H23NOS/c1-4-15(19)12-14-9-10-16(13(2)11-14)20-17-7-5-6-8-18(17)21-3/h5-11,15H,4,12,19H2,1-3H3. The summed E-state index contributed by atoms with van der Waals surface area (Å²) in [6.45, 7) is 4.20. The lowest BCUT2D eigenvalue weighted by molar-refractivity contribution is 0.467. The first-order chi connectivity index (χ1) is 10.1. The highest BCUT2D eigenvalue weighted by molar-refractivity contribution is 7.98. The number of thioether (sulfide) groups is 1. The maximum absolute atomic E-state index is 6.07. The number of aryl methyl sites for hydroxylation is 1. The van der Waals surface area contributed by atoms with E-state index in [1.165, 1.54) is 5.56 Å². The molecule has 0 amide bonds. The van der Waals surface area contributed by atoms with Gasteiger partial charge >= 0.3 is 0 Å². The average molecular weight is 301 g/mol. The molecule has 2 aromatic rings. The zero-order valence-electron chi connectivity index (χ0n) is 12.9. The molecule has 0 radical (unpaired) electrons. The van der Waals surface area contributed by atoms with Gasteiger partial charge in [-0.1, -0.05) is 31.2 Å². The van der Waals surface area contributed by atoms with Gasteiger partial charge in [0.25, 0.3) is 0 Å². The third kappa shape index (κ3) is 4.26. The van der Waals surface area contributed by atoms with E-state index in [-0.39, 0.29) is 6.04 Å². The summed E-state index contributed by atoms with van der Waals surface area (Å²) < 4.78 is 6.07. The molecule has 0 spiro atoms. The van der Waals surface area contributed by atoms with Gasteiger partial charge in [-0.05, 0) is 55.3 Å². The maximum atomic E-state index is 6.07. The van der Waals surface area contributed by atoms with Crippen molar-refractivity contribution in [1.29, 1.82) is 0 Å². The van der Waals surface area contributed by atoms with Crippen LogP contribution >= 0.6 is 11.8 Å². The molecule has 0 bridgehead atoms. The van der Waals surface area contributed by atoms with Gasteiger partial charge in [-0.15, -0.1) is 11.8 Å². The van der Waals surface area contributed by atoms with E-state index >= 15 is 0 Å². The Morgan fingerprint density at radius 1 is 1.14 bits per heavy atom. The summed E-state index contributed by atoms with van der Waals surface area (Å²) in [4.78, 5) is 1.15. The Labute approximate surface area is 131 Å². The smallest absolute Gasteiger partial charge is 0.140 e. The minimum absolute atomic E-state index is 0.230. The molecule has 0 saturated carbocycles. The van der Waals surface area contributed by atoms with E-state index in [0.29, 0.717) is 0 Å². The molecule has 21 heavy (non-hydrogen) atoms. The van der Waals surface area contributed by atoms with Gasteiger partial charge < -0.3 is 10.5 Å². The van der Waals surface area contributed by atoms with E-state index in [0.717, 1.165) is 34.8 Å². The molecule has 0 heterocycles. The highest BCUT2D eigenvalue weighted by atomic mass is 32.2. The number of ether oxygens (including phenoxy) is 1. The summed E-state index contributed by atoms with van der Waals surface area (Å²) >= 11 is 1.69. The number of para-hydroxylation sites is 1. The van der Waals surface area contributed by atoms with E-state index in [1.807, 2.05) is 24.3 Å². The van der Waals surface area contributed by atoms with Crippen molar-refractivity contribution in [3.63, 3.8) is 0 Å². The molecule has 2 nitrogen and oxygen atoms in total. The van der Waals surface area contributed by atoms with Crippen LogP contribution in [0.1, 0.15) is 24.5 Å². The summed E-state index contributed by atoms with van der Waals surface area (Å²) in [5, 5.41) is 0. The molecule has 0 aromatic heterocycles. The molecule has 0 aliphatic carbocycles. The van der Waals surface area contributed by atoms with Crippen LogP contribution in [-0.2, 0) is 6.42 Å². The molecular formula is C18H23NOS. The molecule has 3 heteroatoms. The Morgan fingerprint density at radius 2 is 1.90 bits per heavy atom. The van der Waals surface area contributed by atoms with Crippen LogP contribution in [-0.4, -0.2) is 12.3 Å². The largest absolute Gasteiger partial charge is 0.456 e. The number of rotatable bonds is 6. The first-order valence-electron chi connectivity index (χ1n) is 7.30. The average Bonchev–Trinajstić information content (AvgIpc) is 2.50. The monoisotopic (exact) mass is 301 g/mol. The van der Waals surface area contributed by atoms with Gasteiger partial charge in [0.05, 0.1) is 0 Å². The lowest BCUT2D eigenvalue weighted by atomic mass is 10.0. The summed E-state index contributed by atoms with van der Waals surface area (Å²) in [5.74, 6) is 1.82. The second-order valence-electron chi connectivity index (χ2n) is 5.23. The summed E-state index contributed by atoms with van der Waals surface area (Å²) in [5.41, 5.74) is 8.44. The quantitative estimate of drug-likeness (QED) is 0.779. The second-order valence-corrected chi connectivity index (χ2v) is 6.07. The minimum Gasteiger partial charge on any atom is -0.456 e. The van der Waals surface area contributed by atoms with Gasteiger partial charge in [-0.3, -0.25) is 0 Å². The zero-order valence-corrected chi connectivity index (χ0v) is 13.7. The van der Waals surface area contributed by atoms with E-state index < -0.39 is 0 Å². The third-order valence-corrected chi connectivity index (χ3v) is 4.33. The SMILES string of the molecule is CCC(N)Cc1ccc(Oc2ccccc2SC)c(C)c1. The van der Waals surface area contributed by atoms with Gasteiger partial charge in [0, 0.05) is 10.9 Å². The molecule has 0 aliphatic heterocycles. The molecule has 0 saturated heterocycles. The lowest BCUT2D eigenvalue weighted by Crippen LogP contribution is -2.21. The molecule has 2 rings (SSSR count). The summed E-state index contributed by atoms with van der Waals surface area (Å²) in [7, 11) is 0. The van der Waals surface area contributed by atoms with Crippen LogP contribution in [0.15, 0.2) is 47.4 Å².